The third kappa shape index (κ3) is 2.20. The standard InChI is InChI=1S/C17H27N/c1-11(2)14(3-4-18)10-17-15-6-12-5-13(8-15)9-16(17)7-12/h11-17H,3,5-10H2,1-2H3. The third-order valence-corrected chi connectivity index (χ3v) is 6.29. The third-order valence-electron chi connectivity index (χ3n) is 6.29. The van der Waals surface area contributed by atoms with Gasteiger partial charge < -0.3 is 0 Å². The first kappa shape index (κ1) is 12.5. The lowest BCUT2D eigenvalue weighted by Crippen LogP contribution is -2.45. The van der Waals surface area contributed by atoms with E-state index in [1.54, 1.807) is 6.42 Å². The molecule has 1 heteroatoms. The molecule has 0 spiro atoms. The molecule has 0 radical (unpaired) electrons. The summed E-state index contributed by atoms with van der Waals surface area (Å²) in [4.78, 5) is 0. The fourth-order valence-corrected chi connectivity index (χ4v) is 5.48. The molecule has 0 amide bonds. The minimum atomic E-state index is 0.650. The van der Waals surface area contributed by atoms with E-state index in [0.717, 1.165) is 36.0 Å². The van der Waals surface area contributed by atoms with E-state index in [1.165, 1.54) is 32.1 Å². The van der Waals surface area contributed by atoms with Crippen LogP contribution in [0.4, 0.5) is 0 Å². The van der Waals surface area contributed by atoms with Gasteiger partial charge in [0.1, 0.15) is 0 Å². The van der Waals surface area contributed by atoms with Gasteiger partial charge in [-0.25, -0.2) is 0 Å². The van der Waals surface area contributed by atoms with E-state index in [4.69, 9.17) is 5.26 Å². The highest BCUT2D eigenvalue weighted by atomic mass is 14.5. The molecule has 1 nitrogen and oxygen atoms in total. The number of hydrogen-bond donors (Lipinski definition) is 0. The zero-order chi connectivity index (χ0) is 12.7. The Morgan fingerprint density at radius 3 is 2.00 bits per heavy atom. The molecule has 0 saturated heterocycles. The molecule has 4 fully saturated rings. The SMILES string of the molecule is CC(C)C(CC#N)CC1C2CC3CC(C2)CC1C3. The van der Waals surface area contributed by atoms with E-state index < -0.39 is 0 Å². The summed E-state index contributed by atoms with van der Waals surface area (Å²) in [7, 11) is 0. The van der Waals surface area contributed by atoms with Gasteiger partial charge in [-0.15, -0.1) is 0 Å². The number of rotatable bonds is 4. The van der Waals surface area contributed by atoms with Gasteiger partial charge in [0.05, 0.1) is 6.07 Å². The molecule has 4 saturated carbocycles. The van der Waals surface area contributed by atoms with Crippen molar-refractivity contribution < 1.29 is 0 Å². The Hall–Kier alpha value is -0.510. The van der Waals surface area contributed by atoms with Gasteiger partial charge in [-0.05, 0) is 80.0 Å². The summed E-state index contributed by atoms with van der Waals surface area (Å²) >= 11 is 0. The second kappa shape index (κ2) is 4.87. The molecule has 0 N–H and O–H groups in total. The Kier molecular flexibility index (Phi) is 3.39. The van der Waals surface area contributed by atoms with Crippen molar-refractivity contribution in [2.24, 2.45) is 41.4 Å². The van der Waals surface area contributed by atoms with Crippen LogP contribution in [0.2, 0.25) is 0 Å². The molecule has 4 aliphatic rings. The number of nitrogens with zero attached hydrogens (tertiary/aromatic N) is 1. The Morgan fingerprint density at radius 2 is 1.56 bits per heavy atom. The molecule has 100 valence electrons. The lowest BCUT2D eigenvalue weighted by atomic mass is 9.50. The molecule has 4 bridgehead atoms. The average Bonchev–Trinajstić information content (AvgIpc) is 2.31. The maximum Gasteiger partial charge on any atom is 0.0624 e. The molecule has 0 heterocycles. The molecular formula is C17H27N. The molecule has 18 heavy (non-hydrogen) atoms. The molecule has 0 aromatic carbocycles. The van der Waals surface area contributed by atoms with Gasteiger partial charge in [0, 0.05) is 6.42 Å². The van der Waals surface area contributed by atoms with E-state index in [2.05, 4.69) is 19.9 Å². The Labute approximate surface area is 112 Å². The van der Waals surface area contributed by atoms with Crippen molar-refractivity contribution in [3.63, 3.8) is 0 Å². The lowest BCUT2D eigenvalue weighted by Gasteiger charge is -2.55. The normalized spacial score (nSPS) is 43.1. The van der Waals surface area contributed by atoms with Gasteiger partial charge in [0.2, 0.25) is 0 Å². The number of nitriles is 1. The van der Waals surface area contributed by atoms with Crippen LogP contribution in [0.5, 0.6) is 0 Å². The van der Waals surface area contributed by atoms with E-state index in [9.17, 15) is 0 Å². The average molecular weight is 245 g/mol. The maximum atomic E-state index is 9.02. The van der Waals surface area contributed by atoms with Crippen molar-refractivity contribution in [2.45, 2.75) is 58.8 Å². The predicted octanol–water partition coefficient (Wildman–Crippen LogP) is 4.63. The van der Waals surface area contributed by atoms with Gasteiger partial charge in [-0.3, -0.25) is 0 Å². The quantitative estimate of drug-likeness (QED) is 0.708. The summed E-state index contributed by atoms with van der Waals surface area (Å²) in [5, 5.41) is 9.02. The lowest BCUT2D eigenvalue weighted by molar-refractivity contribution is -0.0477. The van der Waals surface area contributed by atoms with Crippen LogP contribution in [-0.2, 0) is 0 Å². The first-order valence-corrected chi connectivity index (χ1v) is 8.04. The van der Waals surface area contributed by atoms with Crippen molar-refractivity contribution >= 4 is 0 Å². The highest BCUT2D eigenvalue weighted by Crippen LogP contribution is 2.58. The van der Waals surface area contributed by atoms with Crippen LogP contribution in [0.1, 0.15) is 58.8 Å². The molecule has 0 aliphatic heterocycles. The van der Waals surface area contributed by atoms with Crippen LogP contribution in [0.25, 0.3) is 0 Å². The van der Waals surface area contributed by atoms with Crippen LogP contribution in [0, 0.1) is 52.8 Å². The molecule has 4 aliphatic carbocycles. The highest BCUT2D eigenvalue weighted by Gasteiger charge is 2.48. The predicted molar refractivity (Wildman–Crippen MR) is 73.7 cm³/mol. The minimum absolute atomic E-state index is 0.650. The van der Waals surface area contributed by atoms with Crippen LogP contribution >= 0.6 is 0 Å². The second-order valence-electron chi connectivity index (χ2n) is 7.70. The van der Waals surface area contributed by atoms with Gasteiger partial charge in [-0.2, -0.15) is 5.26 Å². The van der Waals surface area contributed by atoms with Crippen molar-refractivity contribution in [2.75, 3.05) is 0 Å². The van der Waals surface area contributed by atoms with Gasteiger partial charge in [-0.1, -0.05) is 13.8 Å². The monoisotopic (exact) mass is 245 g/mol. The summed E-state index contributed by atoms with van der Waals surface area (Å²) in [5.74, 6) is 6.52. The Morgan fingerprint density at radius 1 is 1.00 bits per heavy atom. The van der Waals surface area contributed by atoms with Crippen molar-refractivity contribution in [1.29, 1.82) is 5.26 Å². The van der Waals surface area contributed by atoms with E-state index in [0.29, 0.717) is 11.8 Å². The molecule has 4 rings (SSSR count). The summed E-state index contributed by atoms with van der Waals surface area (Å²) < 4.78 is 0. The minimum Gasteiger partial charge on any atom is -0.198 e. The largest absolute Gasteiger partial charge is 0.198 e. The van der Waals surface area contributed by atoms with Crippen molar-refractivity contribution in [3.8, 4) is 6.07 Å². The topological polar surface area (TPSA) is 23.8 Å². The zero-order valence-corrected chi connectivity index (χ0v) is 11.9. The van der Waals surface area contributed by atoms with Gasteiger partial charge >= 0.3 is 0 Å². The summed E-state index contributed by atoms with van der Waals surface area (Å²) in [6, 6.07) is 2.42. The van der Waals surface area contributed by atoms with E-state index in [1.807, 2.05) is 0 Å². The second-order valence-corrected chi connectivity index (χ2v) is 7.70. The van der Waals surface area contributed by atoms with Crippen LogP contribution in [-0.4, -0.2) is 0 Å². The fraction of sp³-hybridized carbons (Fsp3) is 0.941. The summed E-state index contributed by atoms with van der Waals surface area (Å²) in [6.45, 7) is 4.61. The molecule has 1 unspecified atom stereocenters. The Bertz CT molecular complexity index is 310. The van der Waals surface area contributed by atoms with Crippen molar-refractivity contribution in [1.82, 2.24) is 0 Å². The highest BCUT2D eigenvalue weighted by molar-refractivity contribution is 4.99. The smallest absolute Gasteiger partial charge is 0.0624 e. The molecule has 0 aromatic rings. The molecule has 0 aromatic heterocycles. The van der Waals surface area contributed by atoms with Gasteiger partial charge in [0.15, 0.2) is 0 Å². The first-order chi connectivity index (χ1) is 8.67. The van der Waals surface area contributed by atoms with E-state index >= 15 is 0 Å². The van der Waals surface area contributed by atoms with Crippen LogP contribution in [0.3, 0.4) is 0 Å². The van der Waals surface area contributed by atoms with Gasteiger partial charge in [0.25, 0.3) is 0 Å². The van der Waals surface area contributed by atoms with Crippen molar-refractivity contribution in [3.05, 3.63) is 0 Å². The first-order valence-electron chi connectivity index (χ1n) is 8.04. The summed E-state index contributed by atoms with van der Waals surface area (Å²) in [6.07, 6.45) is 9.76. The van der Waals surface area contributed by atoms with Crippen LogP contribution < -0.4 is 0 Å². The Balaban J connectivity index is 1.67. The molecular weight excluding hydrogens is 218 g/mol. The molecule has 1 atom stereocenters. The zero-order valence-electron chi connectivity index (χ0n) is 11.9. The van der Waals surface area contributed by atoms with E-state index in [-0.39, 0.29) is 0 Å². The summed E-state index contributed by atoms with van der Waals surface area (Å²) in [5.41, 5.74) is 0. The maximum absolute atomic E-state index is 9.02. The fourth-order valence-electron chi connectivity index (χ4n) is 5.48. The number of hydrogen-bond acceptors (Lipinski definition) is 1. The van der Waals surface area contributed by atoms with Crippen LogP contribution in [0.15, 0.2) is 0 Å².